The summed E-state index contributed by atoms with van der Waals surface area (Å²) in [5.41, 5.74) is 2.33. The molecule has 15 heavy (non-hydrogen) atoms. The van der Waals surface area contributed by atoms with E-state index in [1.54, 1.807) is 7.11 Å². The van der Waals surface area contributed by atoms with Crippen molar-refractivity contribution in [3.8, 4) is 0 Å². The van der Waals surface area contributed by atoms with Crippen LogP contribution >= 0.6 is 0 Å². The number of rotatable bonds is 1. The molecule has 2 heteroatoms. The molecular weight excluding hydrogens is 186 g/mol. The van der Waals surface area contributed by atoms with Crippen LogP contribution in [0.5, 0.6) is 0 Å². The van der Waals surface area contributed by atoms with Crippen LogP contribution in [0.15, 0.2) is 17.1 Å². The average Bonchev–Trinajstić information content (AvgIpc) is 2.62. The van der Waals surface area contributed by atoms with Crippen LogP contribution in [0.25, 0.3) is 0 Å². The lowest BCUT2D eigenvalue weighted by atomic mass is 9.66. The molecule has 0 spiro atoms. The quantitative estimate of drug-likeness (QED) is 0.648. The summed E-state index contributed by atoms with van der Waals surface area (Å²) < 4.78 is 5.60. The molecule has 0 aromatic heterocycles. The standard InChI is InChI=1S/C13H21NO/c1-8-9(2)14-13(6)10(15-7)12(13,5)11(8,3)4/h10H,1H2,2-7H3. The third-order valence-electron chi connectivity index (χ3n) is 5.13. The largest absolute Gasteiger partial charge is 0.378 e. The van der Waals surface area contributed by atoms with E-state index >= 15 is 0 Å². The van der Waals surface area contributed by atoms with Gasteiger partial charge in [-0.25, -0.2) is 0 Å². The Balaban J connectivity index is 2.58. The SMILES string of the molecule is C=C1C(C)=NC2(C)C(OC)C2(C)C1(C)C. The van der Waals surface area contributed by atoms with Gasteiger partial charge >= 0.3 is 0 Å². The molecule has 0 radical (unpaired) electrons. The molecule has 0 amide bonds. The molecule has 3 unspecified atom stereocenters. The highest BCUT2D eigenvalue weighted by molar-refractivity contribution is 6.01. The Labute approximate surface area is 92.4 Å². The maximum absolute atomic E-state index is 5.60. The predicted octanol–water partition coefficient (Wildman–Crippen LogP) is 2.84. The van der Waals surface area contributed by atoms with Gasteiger partial charge in [-0.05, 0) is 19.4 Å². The number of hydrogen-bond acceptors (Lipinski definition) is 2. The Hall–Kier alpha value is -0.630. The summed E-state index contributed by atoms with van der Waals surface area (Å²) in [7, 11) is 1.78. The van der Waals surface area contributed by atoms with Gasteiger partial charge in [0, 0.05) is 23.7 Å². The maximum Gasteiger partial charge on any atom is 0.0937 e. The van der Waals surface area contributed by atoms with Gasteiger partial charge < -0.3 is 4.74 Å². The summed E-state index contributed by atoms with van der Waals surface area (Å²) in [6, 6.07) is 0. The van der Waals surface area contributed by atoms with Gasteiger partial charge in [0.15, 0.2) is 0 Å². The van der Waals surface area contributed by atoms with Crippen molar-refractivity contribution >= 4 is 5.71 Å². The summed E-state index contributed by atoms with van der Waals surface area (Å²) in [6.07, 6.45) is 0.217. The number of hydrogen-bond donors (Lipinski definition) is 0. The monoisotopic (exact) mass is 207 g/mol. The van der Waals surface area contributed by atoms with Crippen molar-refractivity contribution < 1.29 is 4.74 Å². The van der Waals surface area contributed by atoms with E-state index in [0.29, 0.717) is 0 Å². The molecule has 84 valence electrons. The van der Waals surface area contributed by atoms with E-state index in [2.05, 4.69) is 41.2 Å². The summed E-state index contributed by atoms with van der Waals surface area (Å²) >= 11 is 0. The first kappa shape index (κ1) is 10.9. The molecule has 1 aliphatic heterocycles. The molecule has 0 aromatic rings. The molecule has 0 aromatic carbocycles. The fraction of sp³-hybridized carbons (Fsp3) is 0.769. The van der Waals surface area contributed by atoms with Gasteiger partial charge in [0.1, 0.15) is 0 Å². The Morgan fingerprint density at radius 1 is 1.27 bits per heavy atom. The second-order valence-corrected chi connectivity index (χ2v) is 5.77. The molecule has 0 bridgehead atoms. The first-order valence-corrected chi connectivity index (χ1v) is 5.52. The van der Waals surface area contributed by atoms with E-state index in [9.17, 15) is 0 Å². The van der Waals surface area contributed by atoms with Gasteiger partial charge in [0.2, 0.25) is 0 Å². The first-order chi connectivity index (χ1) is 6.73. The lowest BCUT2D eigenvalue weighted by Crippen LogP contribution is -2.38. The Bertz CT molecular complexity index is 369. The van der Waals surface area contributed by atoms with Crippen molar-refractivity contribution in [2.75, 3.05) is 7.11 Å². The van der Waals surface area contributed by atoms with E-state index in [1.165, 1.54) is 0 Å². The average molecular weight is 207 g/mol. The predicted molar refractivity (Wildman–Crippen MR) is 63.3 cm³/mol. The van der Waals surface area contributed by atoms with E-state index in [-0.39, 0.29) is 22.5 Å². The zero-order valence-electron chi connectivity index (χ0n) is 10.6. The van der Waals surface area contributed by atoms with Crippen LogP contribution < -0.4 is 0 Å². The number of ether oxygens (including phenoxy) is 1. The lowest BCUT2D eigenvalue weighted by Gasteiger charge is -2.39. The van der Waals surface area contributed by atoms with Crippen molar-refractivity contribution in [2.24, 2.45) is 15.8 Å². The van der Waals surface area contributed by atoms with Gasteiger partial charge in [-0.3, -0.25) is 4.99 Å². The van der Waals surface area contributed by atoms with E-state index < -0.39 is 0 Å². The minimum Gasteiger partial charge on any atom is -0.378 e. The molecule has 0 N–H and O–H groups in total. The van der Waals surface area contributed by atoms with Crippen LogP contribution in [0.3, 0.4) is 0 Å². The Kier molecular flexibility index (Phi) is 1.84. The number of allylic oxidation sites excluding steroid dienone is 1. The Morgan fingerprint density at radius 3 is 2.27 bits per heavy atom. The number of fused-ring (bicyclic) bond motifs is 1. The molecule has 1 saturated carbocycles. The lowest BCUT2D eigenvalue weighted by molar-refractivity contribution is 0.108. The maximum atomic E-state index is 5.60. The highest BCUT2D eigenvalue weighted by Crippen LogP contribution is 2.72. The summed E-state index contributed by atoms with van der Waals surface area (Å²) in [5.74, 6) is 0. The van der Waals surface area contributed by atoms with Crippen LogP contribution in [-0.2, 0) is 4.74 Å². The van der Waals surface area contributed by atoms with E-state index in [1.807, 2.05) is 0 Å². The normalized spacial score (nSPS) is 47.2. The fourth-order valence-corrected chi connectivity index (χ4v) is 3.52. The van der Waals surface area contributed by atoms with Crippen molar-refractivity contribution in [1.82, 2.24) is 0 Å². The second-order valence-electron chi connectivity index (χ2n) is 5.77. The van der Waals surface area contributed by atoms with E-state index in [0.717, 1.165) is 11.3 Å². The smallest absolute Gasteiger partial charge is 0.0937 e. The first-order valence-electron chi connectivity index (χ1n) is 5.52. The summed E-state index contributed by atoms with van der Waals surface area (Å²) in [6.45, 7) is 15.2. The second kappa shape index (κ2) is 2.54. The topological polar surface area (TPSA) is 21.6 Å². The molecule has 1 fully saturated rings. The summed E-state index contributed by atoms with van der Waals surface area (Å²) in [4.78, 5) is 4.78. The minimum atomic E-state index is -0.0590. The van der Waals surface area contributed by atoms with Crippen molar-refractivity contribution in [2.45, 2.75) is 46.3 Å². The molecule has 0 saturated heterocycles. The van der Waals surface area contributed by atoms with E-state index in [4.69, 9.17) is 9.73 Å². The van der Waals surface area contributed by atoms with Crippen LogP contribution in [0.4, 0.5) is 0 Å². The molecule has 2 nitrogen and oxygen atoms in total. The molecule has 2 rings (SSSR count). The third-order valence-corrected chi connectivity index (χ3v) is 5.13. The van der Waals surface area contributed by atoms with Crippen molar-refractivity contribution in [1.29, 1.82) is 0 Å². The van der Waals surface area contributed by atoms with Crippen molar-refractivity contribution in [3.05, 3.63) is 12.2 Å². The minimum absolute atomic E-state index is 0.0590. The molecular formula is C13H21NO. The van der Waals surface area contributed by atoms with Gasteiger partial charge in [-0.15, -0.1) is 0 Å². The van der Waals surface area contributed by atoms with Crippen LogP contribution in [0, 0.1) is 10.8 Å². The number of nitrogens with zero attached hydrogens (tertiary/aromatic N) is 1. The zero-order chi connectivity index (χ0) is 11.6. The Morgan fingerprint density at radius 2 is 1.80 bits per heavy atom. The van der Waals surface area contributed by atoms with Crippen LogP contribution in [0.1, 0.15) is 34.6 Å². The number of aliphatic imine (C=N–C) groups is 1. The fourth-order valence-electron chi connectivity index (χ4n) is 3.52. The highest BCUT2D eigenvalue weighted by atomic mass is 16.5. The van der Waals surface area contributed by atoms with Gasteiger partial charge in [-0.2, -0.15) is 0 Å². The van der Waals surface area contributed by atoms with Crippen LogP contribution in [-0.4, -0.2) is 24.5 Å². The van der Waals surface area contributed by atoms with Crippen LogP contribution in [0.2, 0.25) is 0 Å². The molecule has 2 aliphatic rings. The van der Waals surface area contributed by atoms with Gasteiger partial charge in [0.25, 0.3) is 0 Å². The zero-order valence-corrected chi connectivity index (χ0v) is 10.6. The summed E-state index contributed by atoms with van der Waals surface area (Å²) in [5, 5.41) is 0. The molecule has 3 atom stereocenters. The third kappa shape index (κ3) is 0.878. The van der Waals surface area contributed by atoms with Crippen molar-refractivity contribution in [3.63, 3.8) is 0 Å². The van der Waals surface area contributed by atoms with Gasteiger partial charge in [0.05, 0.1) is 11.6 Å². The molecule has 1 aliphatic carbocycles. The highest BCUT2D eigenvalue weighted by Gasteiger charge is 2.79. The van der Waals surface area contributed by atoms with Gasteiger partial charge in [-0.1, -0.05) is 27.4 Å². The molecule has 1 heterocycles. The number of methoxy groups -OCH3 is 1.